The van der Waals surface area contributed by atoms with Gasteiger partial charge in [-0.3, -0.25) is 0 Å². The summed E-state index contributed by atoms with van der Waals surface area (Å²) in [7, 11) is -3.43. The van der Waals surface area contributed by atoms with Gasteiger partial charge in [0.1, 0.15) is 0 Å². The summed E-state index contributed by atoms with van der Waals surface area (Å²) >= 11 is 11.6. The van der Waals surface area contributed by atoms with E-state index >= 15 is 0 Å². The van der Waals surface area contributed by atoms with Crippen LogP contribution in [0.5, 0.6) is 0 Å². The molecule has 1 aromatic rings. The molecule has 4 nitrogen and oxygen atoms in total. The molecule has 0 aliphatic rings. The Morgan fingerprint density at radius 3 is 2.29 bits per heavy atom. The maximum absolute atomic E-state index is 11.7. The lowest BCUT2D eigenvalue weighted by Gasteiger charge is -2.12. The first kappa shape index (κ1) is 14.7. The second kappa shape index (κ2) is 6.02. The van der Waals surface area contributed by atoms with Gasteiger partial charge in [0.15, 0.2) is 0 Å². The molecule has 0 aliphatic carbocycles. The van der Waals surface area contributed by atoms with Gasteiger partial charge in [-0.05, 0) is 30.7 Å². The van der Waals surface area contributed by atoms with Gasteiger partial charge in [-0.25, -0.2) is 13.1 Å². The van der Waals surface area contributed by atoms with E-state index in [2.05, 4.69) is 4.72 Å². The summed E-state index contributed by atoms with van der Waals surface area (Å²) in [4.78, 5) is 0. The van der Waals surface area contributed by atoms with E-state index in [0.29, 0.717) is 15.6 Å². The predicted octanol–water partition coefficient (Wildman–Crippen LogP) is 1.76. The van der Waals surface area contributed by atoms with Crippen LogP contribution < -0.4 is 10.5 Å². The SMILES string of the molecule is C[C@@H](CN)NS(=O)(=O)Cc1cc(Cl)cc(Cl)c1. The Balaban J connectivity index is 2.83. The Bertz CT molecular complexity index is 471. The van der Waals surface area contributed by atoms with Crippen LogP contribution in [-0.2, 0) is 15.8 Å². The average Bonchev–Trinajstić information content (AvgIpc) is 2.13. The quantitative estimate of drug-likeness (QED) is 0.870. The average molecular weight is 297 g/mol. The van der Waals surface area contributed by atoms with Crippen LogP contribution in [0.4, 0.5) is 0 Å². The second-order valence-corrected chi connectivity index (χ2v) is 6.42. The normalized spacial score (nSPS) is 13.6. The van der Waals surface area contributed by atoms with Crippen LogP contribution in [0, 0.1) is 0 Å². The molecule has 0 unspecified atom stereocenters. The summed E-state index contributed by atoms with van der Waals surface area (Å²) in [6.45, 7) is 1.94. The number of nitrogens with two attached hydrogens (primary N) is 1. The number of sulfonamides is 1. The van der Waals surface area contributed by atoms with Crippen LogP contribution in [0.1, 0.15) is 12.5 Å². The molecule has 0 aliphatic heterocycles. The van der Waals surface area contributed by atoms with Gasteiger partial charge in [0, 0.05) is 22.6 Å². The van der Waals surface area contributed by atoms with E-state index in [1.807, 2.05) is 0 Å². The van der Waals surface area contributed by atoms with Gasteiger partial charge in [-0.2, -0.15) is 0 Å². The summed E-state index contributed by atoms with van der Waals surface area (Å²) < 4.78 is 25.9. The van der Waals surface area contributed by atoms with Gasteiger partial charge in [-0.1, -0.05) is 23.2 Å². The van der Waals surface area contributed by atoms with Crippen LogP contribution in [0.15, 0.2) is 18.2 Å². The minimum absolute atomic E-state index is 0.169. The fraction of sp³-hybridized carbons (Fsp3) is 0.400. The van der Waals surface area contributed by atoms with Crippen molar-refractivity contribution in [1.82, 2.24) is 4.72 Å². The fourth-order valence-electron chi connectivity index (χ4n) is 1.31. The molecule has 7 heteroatoms. The number of rotatable bonds is 5. The highest BCUT2D eigenvalue weighted by Gasteiger charge is 2.15. The fourth-order valence-corrected chi connectivity index (χ4v) is 3.28. The summed E-state index contributed by atoms with van der Waals surface area (Å²) in [5.74, 6) is -0.169. The Kier molecular flexibility index (Phi) is 5.22. The van der Waals surface area contributed by atoms with Crippen LogP contribution in [0.25, 0.3) is 0 Å². The second-order valence-electron chi connectivity index (χ2n) is 3.79. The van der Waals surface area contributed by atoms with Gasteiger partial charge in [0.2, 0.25) is 10.0 Å². The molecule has 0 fully saturated rings. The molecule has 0 spiro atoms. The van der Waals surface area contributed by atoms with Crippen molar-refractivity contribution < 1.29 is 8.42 Å². The number of hydrogen-bond acceptors (Lipinski definition) is 3. The standard InChI is InChI=1S/C10H14Cl2N2O2S/c1-7(5-13)14-17(15,16)6-8-2-9(11)4-10(12)3-8/h2-4,7,14H,5-6,13H2,1H3/t7-/m0/s1. The molecule has 0 saturated heterocycles. The van der Waals surface area contributed by atoms with Crippen molar-refractivity contribution in [3.8, 4) is 0 Å². The Labute approximate surface area is 111 Å². The molecular weight excluding hydrogens is 283 g/mol. The van der Waals surface area contributed by atoms with Crippen molar-refractivity contribution in [2.45, 2.75) is 18.7 Å². The van der Waals surface area contributed by atoms with Gasteiger partial charge >= 0.3 is 0 Å². The third kappa shape index (κ3) is 5.23. The highest BCUT2D eigenvalue weighted by Crippen LogP contribution is 2.20. The highest BCUT2D eigenvalue weighted by atomic mass is 35.5. The topological polar surface area (TPSA) is 72.2 Å². The third-order valence-electron chi connectivity index (χ3n) is 2.01. The maximum Gasteiger partial charge on any atom is 0.216 e. The number of halogens is 2. The molecule has 0 saturated carbocycles. The molecule has 1 aromatic carbocycles. The predicted molar refractivity (Wildman–Crippen MR) is 70.7 cm³/mol. The van der Waals surface area contributed by atoms with E-state index in [1.165, 1.54) is 0 Å². The maximum atomic E-state index is 11.7. The Hall–Kier alpha value is -0.330. The third-order valence-corrected chi connectivity index (χ3v) is 3.92. The molecular formula is C10H14Cl2N2O2S. The smallest absolute Gasteiger partial charge is 0.216 e. The van der Waals surface area contributed by atoms with E-state index in [1.54, 1.807) is 25.1 Å². The van der Waals surface area contributed by atoms with Crippen molar-refractivity contribution in [2.75, 3.05) is 6.54 Å². The molecule has 0 heterocycles. The lowest BCUT2D eigenvalue weighted by atomic mass is 10.2. The lowest BCUT2D eigenvalue weighted by Crippen LogP contribution is -2.38. The highest BCUT2D eigenvalue weighted by molar-refractivity contribution is 7.88. The molecule has 0 aromatic heterocycles. The first-order chi connectivity index (χ1) is 7.82. The lowest BCUT2D eigenvalue weighted by molar-refractivity contribution is 0.562. The number of benzene rings is 1. The van der Waals surface area contributed by atoms with E-state index < -0.39 is 10.0 Å². The van der Waals surface area contributed by atoms with Gasteiger partial charge < -0.3 is 5.73 Å². The first-order valence-electron chi connectivity index (χ1n) is 4.97. The molecule has 3 N–H and O–H groups in total. The number of nitrogens with one attached hydrogen (secondary N) is 1. The molecule has 1 atom stereocenters. The van der Waals surface area contributed by atoms with Gasteiger partial charge in [0.25, 0.3) is 0 Å². The molecule has 0 radical (unpaired) electrons. The first-order valence-corrected chi connectivity index (χ1v) is 7.38. The van der Waals surface area contributed by atoms with Crippen LogP contribution in [0.3, 0.4) is 0 Å². The van der Waals surface area contributed by atoms with Gasteiger partial charge in [-0.15, -0.1) is 0 Å². The summed E-state index contributed by atoms with van der Waals surface area (Å²) in [5.41, 5.74) is 5.89. The van der Waals surface area contributed by atoms with E-state index in [4.69, 9.17) is 28.9 Å². The van der Waals surface area contributed by atoms with E-state index in [9.17, 15) is 8.42 Å². The van der Waals surface area contributed by atoms with Crippen LogP contribution in [0.2, 0.25) is 10.0 Å². The van der Waals surface area contributed by atoms with Crippen molar-refractivity contribution in [3.05, 3.63) is 33.8 Å². The molecule has 96 valence electrons. The zero-order valence-electron chi connectivity index (χ0n) is 9.28. The van der Waals surface area contributed by atoms with E-state index in [-0.39, 0.29) is 18.3 Å². The van der Waals surface area contributed by atoms with Crippen molar-refractivity contribution in [1.29, 1.82) is 0 Å². The minimum Gasteiger partial charge on any atom is -0.329 e. The largest absolute Gasteiger partial charge is 0.329 e. The van der Waals surface area contributed by atoms with Crippen molar-refractivity contribution in [3.63, 3.8) is 0 Å². The molecule has 0 bridgehead atoms. The zero-order valence-corrected chi connectivity index (χ0v) is 11.6. The monoisotopic (exact) mass is 296 g/mol. The molecule has 17 heavy (non-hydrogen) atoms. The van der Waals surface area contributed by atoms with Crippen molar-refractivity contribution >= 4 is 33.2 Å². The molecule has 1 rings (SSSR count). The van der Waals surface area contributed by atoms with Crippen LogP contribution in [-0.4, -0.2) is 21.0 Å². The summed E-state index contributed by atoms with van der Waals surface area (Å²) in [5, 5.41) is 0.823. The Morgan fingerprint density at radius 1 is 1.29 bits per heavy atom. The minimum atomic E-state index is -3.43. The summed E-state index contributed by atoms with van der Waals surface area (Å²) in [6.07, 6.45) is 0. The van der Waals surface area contributed by atoms with Gasteiger partial charge in [0.05, 0.1) is 5.75 Å². The Morgan fingerprint density at radius 2 is 1.82 bits per heavy atom. The summed E-state index contributed by atoms with van der Waals surface area (Å²) in [6, 6.07) is 4.39. The number of hydrogen-bond donors (Lipinski definition) is 2. The van der Waals surface area contributed by atoms with E-state index in [0.717, 1.165) is 0 Å². The van der Waals surface area contributed by atoms with Crippen molar-refractivity contribution in [2.24, 2.45) is 5.73 Å². The zero-order chi connectivity index (χ0) is 13.1. The molecule has 0 amide bonds. The van der Waals surface area contributed by atoms with Crippen LogP contribution >= 0.6 is 23.2 Å².